The summed E-state index contributed by atoms with van der Waals surface area (Å²) in [4.78, 5) is 5.62. The second-order valence-electron chi connectivity index (χ2n) is 19.3. The van der Waals surface area contributed by atoms with Crippen LogP contribution < -0.4 is 0 Å². The normalized spacial score (nSPS) is 40.3. The first-order valence-corrected chi connectivity index (χ1v) is 31.4. The van der Waals surface area contributed by atoms with Crippen molar-refractivity contribution in [3.8, 4) is 0 Å². The zero-order chi connectivity index (χ0) is 33.1. The van der Waals surface area contributed by atoms with Gasteiger partial charge in [0.25, 0.3) is 0 Å². The molecule has 0 bridgehead atoms. The summed E-state index contributed by atoms with van der Waals surface area (Å²) in [5.74, 6) is 2.52. The van der Waals surface area contributed by atoms with Gasteiger partial charge in [-0.25, -0.2) is 0 Å². The highest BCUT2D eigenvalue weighted by Crippen LogP contribution is 2.70. The lowest BCUT2D eigenvalue weighted by atomic mass is 9.43. The summed E-state index contributed by atoms with van der Waals surface area (Å²) in [7, 11) is -5.49. The average Bonchev–Trinajstić information content (AvgIpc) is 3.10. The molecule has 0 saturated heterocycles. The van der Waals surface area contributed by atoms with Crippen molar-refractivity contribution in [3.63, 3.8) is 0 Å². The van der Waals surface area contributed by atoms with Gasteiger partial charge in [0.2, 0.25) is 0 Å². The molecule has 10 heteroatoms. The highest BCUT2D eigenvalue weighted by atomic mass is 28.4. The van der Waals surface area contributed by atoms with Crippen molar-refractivity contribution in [3.05, 3.63) is 0 Å². The van der Waals surface area contributed by atoms with E-state index in [0.717, 1.165) is 24.5 Å². The number of oxime groups is 1. The van der Waals surface area contributed by atoms with Crippen molar-refractivity contribution < 1.29 is 22.5 Å². The van der Waals surface area contributed by atoms with Crippen LogP contribution >= 0.6 is 0 Å². The lowest BCUT2D eigenvalue weighted by Gasteiger charge is -2.65. The highest BCUT2D eigenvalue weighted by Gasteiger charge is 2.70. The van der Waals surface area contributed by atoms with E-state index in [1.165, 1.54) is 38.5 Å². The van der Waals surface area contributed by atoms with Gasteiger partial charge in [0, 0.05) is 17.6 Å². The predicted octanol–water partition coefficient (Wildman–Crippen LogP) is 9.52. The summed E-state index contributed by atoms with van der Waals surface area (Å²) in [6.07, 6.45) is 10.2. The molecule has 0 aromatic rings. The number of fused-ring (bicyclic) bond motifs is 5. The largest absolute Gasteiger partial charge is 0.415 e. The van der Waals surface area contributed by atoms with Gasteiger partial charge in [-0.1, -0.05) is 19.0 Å². The molecule has 0 aliphatic heterocycles. The number of rotatable bonds is 11. The van der Waals surface area contributed by atoms with Crippen LogP contribution in [0.25, 0.3) is 0 Å². The Hall–Kier alpha value is 0.178. The van der Waals surface area contributed by atoms with Crippen LogP contribution in [-0.2, 0) is 22.5 Å². The Morgan fingerprint density at radius 2 is 1.39 bits per heavy atom. The van der Waals surface area contributed by atoms with Crippen molar-refractivity contribution in [2.45, 2.75) is 162 Å². The number of hydrogen-bond donors (Lipinski definition) is 0. The minimum atomic E-state index is -1.99. The van der Waals surface area contributed by atoms with Crippen LogP contribution in [0.2, 0.25) is 78.6 Å². The topological polar surface area (TPSA) is 58.5 Å². The molecule has 0 aromatic carbocycles. The Morgan fingerprint density at radius 3 is 1.93 bits per heavy atom. The van der Waals surface area contributed by atoms with Gasteiger partial charge < -0.3 is 22.5 Å². The van der Waals surface area contributed by atoms with Crippen LogP contribution in [0.3, 0.4) is 0 Å². The van der Waals surface area contributed by atoms with Crippen LogP contribution in [0.4, 0.5) is 0 Å². The highest BCUT2D eigenvalue weighted by molar-refractivity contribution is 6.71. The van der Waals surface area contributed by atoms with E-state index in [9.17, 15) is 0 Å². The van der Waals surface area contributed by atoms with Crippen LogP contribution in [0, 0.1) is 34.5 Å². The van der Waals surface area contributed by atoms with Gasteiger partial charge in [0.1, 0.15) is 18.4 Å². The van der Waals surface area contributed by atoms with Crippen LogP contribution in [0.15, 0.2) is 5.16 Å². The fourth-order valence-electron chi connectivity index (χ4n) is 10.3. The van der Waals surface area contributed by atoms with E-state index in [1.807, 2.05) is 0 Å². The van der Waals surface area contributed by atoms with Gasteiger partial charge in [0.05, 0.1) is 6.61 Å². The van der Waals surface area contributed by atoms with E-state index in [4.69, 9.17) is 27.7 Å². The van der Waals surface area contributed by atoms with E-state index >= 15 is 0 Å². The smallest absolute Gasteiger partial charge is 0.185 e. The van der Waals surface area contributed by atoms with E-state index in [2.05, 4.69) is 92.4 Å². The Morgan fingerprint density at radius 1 is 0.750 bits per heavy atom. The van der Waals surface area contributed by atoms with Crippen molar-refractivity contribution in [2.75, 3.05) is 13.7 Å². The first kappa shape index (κ1) is 37.0. The SMILES string of the molecule is CO/N=C(\CO[Si](C)(C)C)[C@@]1(O[Si](C)(C)C)CCC2C3CC[C@@H]4C[C@H](O[Si](C)(C)C)CCC4(C)C3[C@@H](O[Si](C)(C)C)CC21C. The predicted molar refractivity (Wildman–Crippen MR) is 194 cm³/mol. The zero-order valence-electron chi connectivity index (χ0n) is 31.3. The fraction of sp³-hybridized carbons (Fsp3) is 0.971. The molecule has 0 radical (unpaired) electrons. The molecule has 0 aromatic heterocycles. The maximum Gasteiger partial charge on any atom is 0.185 e. The Bertz CT molecular complexity index is 1050. The molecule has 44 heavy (non-hydrogen) atoms. The lowest BCUT2D eigenvalue weighted by molar-refractivity contribution is -0.183. The van der Waals surface area contributed by atoms with E-state index in [-0.39, 0.29) is 11.5 Å². The first-order chi connectivity index (χ1) is 19.9. The molecule has 0 spiro atoms. The Labute approximate surface area is 275 Å². The Kier molecular flexibility index (Phi) is 10.6. The Balaban J connectivity index is 1.78. The summed E-state index contributed by atoms with van der Waals surface area (Å²) in [5, 5.41) is 4.79. The second-order valence-corrected chi connectivity index (χ2v) is 37.2. The van der Waals surface area contributed by atoms with Crippen LogP contribution in [-0.4, -0.2) is 70.5 Å². The van der Waals surface area contributed by atoms with Crippen LogP contribution in [0.1, 0.15) is 65.2 Å². The van der Waals surface area contributed by atoms with Crippen molar-refractivity contribution in [2.24, 2.45) is 39.7 Å². The molecule has 4 saturated carbocycles. The van der Waals surface area contributed by atoms with Gasteiger partial charge in [-0.05, 0) is 159 Å². The molecule has 5 unspecified atom stereocenters. The maximum absolute atomic E-state index is 7.50. The third-order valence-corrected chi connectivity index (χ3v) is 15.5. The summed E-state index contributed by atoms with van der Waals surface area (Å²) in [5.41, 5.74) is 0.678. The van der Waals surface area contributed by atoms with Gasteiger partial charge in [-0.2, -0.15) is 0 Å². The van der Waals surface area contributed by atoms with Crippen molar-refractivity contribution >= 4 is 39.0 Å². The molecule has 0 N–H and O–H groups in total. The zero-order valence-corrected chi connectivity index (χ0v) is 35.3. The fourth-order valence-corrected chi connectivity index (χ4v) is 14.7. The summed E-state index contributed by atoms with van der Waals surface area (Å²) in [6, 6.07) is 0. The third-order valence-electron chi connectivity index (χ3n) is 11.5. The third kappa shape index (κ3) is 7.73. The van der Waals surface area contributed by atoms with Gasteiger partial charge >= 0.3 is 0 Å². The number of nitrogens with zero attached hydrogens (tertiary/aromatic N) is 1. The lowest BCUT2D eigenvalue weighted by Crippen LogP contribution is -2.66. The van der Waals surface area contributed by atoms with Crippen molar-refractivity contribution in [1.29, 1.82) is 0 Å². The molecule has 256 valence electrons. The van der Waals surface area contributed by atoms with E-state index < -0.39 is 38.9 Å². The quantitative estimate of drug-likeness (QED) is 0.123. The van der Waals surface area contributed by atoms with E-state index in [1.54, 1.807) is 7.11 Å². The monoisotopic (exact) mass is 683 g/mol. The molecule has 6 nitrogen and oxygen atoms in total. The number of hydrogen-bond acceptors (Lipinski definition) is 6. The van der Waals surface area contributed by atoms with E-state index in [0.29, 0.717) is 35.9 Å². The molecule has 4 fully saturated rings. The summed E-state index contributed by atoms with van der Waals surface area (Å²) < 4.78 is 28.2. The first-order valence-electron chi connectivity index (χ1n) is 17.7. The van der Waals surface area contributed by atoms with Gasteiger partial charge in [-0.15, -0.1) is 0 Å². The minimum absolute atomic E-state index is 0.0970. The molecule has 0 amide bonds. The molecular weight excluding hydrogens is 615 g/mol. The summed E-state index contributed by atoms with van der Waals surface area (Å²) >= 11 is 0. The molecule has 9 atom stereocenters. The maximum atomic E-state index is 7.50. The van der Waals surface area contributed by atoms with Crippen LogP contribution in [0.5, 0.6) is 0 Å². The van der Waals surface area contributed by atoms with Gasteiger partial charge in [-0.3, -0.25) is 0 Å². The standard InChI is InChI=1S/C34H69NO5Si4/c1-32-20-18-26(38-42(7,8)9)22-25(32)16-17-27-28-19-21-34(40-44(13,14)15,30(35-36-3)24-37-41(4,5)6)33(28,2)23-29(31(27)32)39-43(10,11)12/h25-29,31H,16-24H2,1-15H3/b35-30+/t25-,26-,27?,28?,29+,31?,32?,33?,34+/m1/s1. The summed E-state index contributed by atoms with van der Waals surface area (Å²) in [6.45, 7) is 33.7. The average molecular weight is 684 g/mol. The second kappa shape index (κ2) is 12.6. The molecule has 4 aliphatic rings. The molecular formula is C34H69NO5Si4. The molecule has 0 heterocycles. The van der Waals surface area contributed by atoms with Gasteiger partial charge in [0.15, 0.2) is 33.3 Å². The van der Waals surface area contributed by atoms with Crippen molar-refractivity contribution in [1.82, 2.24) is 0 Å². The minimum Gasteiger partial charge on any atom is -0.415 e. The molecule has 4 aliphatic carbocycles. The molecule has 4 rings (SSSR count).